The van der Waals surface area contributed by atoms with Gasteiger partial charge in [0.1, 0.15) is 12.1 Å². The number of amides is 4. The summed E-state index contributed by atoms with van der Waals surface area (Å²) in [6, 6.07) is 8.39. The average Bonchev–Trinajstić information content (AvgIpc) is 3.77. The molecule has 358 valence electrons. The van der Waals surface area contributed by atoms with E-state index < -0.39 is 41.0 Å². The van der Waals surface area contributed by atoms with Crippen LogP contribution in [-0.2, 0) is 43.2 Å². The van der Waals surface area contributed by atoms with E-state index in [-0.39, 0.29) is 44.0 Å². The van der Waals surface area contributed by atoms with Gasteiger partial charge < -0.3 is 39.2 Å². The molecule has 17 heteroatoms. The molecule has 3 aliphatic heterocycles. The standard InChI is InChI=1S/C49H69N9O7S/c1-11-57-39-18-17-32-25-35(39)36(43(57)34-16-12-21-50-41(34)31(4)64-10)27-48(5,6)29-65-46(61)49(63)20-14-23-58(53-49)45(60)37(26-40-51-38(32)28-66-40)52-44(59)42(30(2)3)55(9)47(62)56-22-13-15-33(19-24-56)54(7)8/h12,16-18,21,25,28,30-31,33,37,42,53,63H,11,13-15,19-20,22-24,26-27,29H2,1-10H3,(H,52,59)/t31-,33-,37-,42-,49-/m0/s1. The molecule has 3 aromatic heterocycles. The van der Waals surface area contributed by atoms with Crippen molar-refractivity contribution in [2.45, 2.75) is 123 Å². The molecule has 1 aromatic carbocycles. The molecule has 6 heterocycles. The van der Waals surface area contributed by atoms with Crippen molar-refractivity contribution < 1.29 is 33.8 Å². The van der Waals surface area contributed by atoms with Crippen molar-refractivity contribution >= 4 is 46.1 Å². The molecular weight excluding hydrogens is 859 g/mol. The van der Waals surface area contributed by atoms with Crippen LogP contribution in [0.2, 0.25) is 0 Å². The summed E-state index contributed by atoms with van der Waals surface area (Å²) in [5, 5.41) is 19.7. The molecular formula is C49H69N9O7S. The van der Waals surface area contributed by atoms with Crippen LogP contribution < -0.4 is 10.7 Å². The number of aromatic nitrogens is 3. The zero-order valence-corrected chi connectivity index (χ0v) is 41.2. The molecule has 4 aromatic rings. The summed E-state index contributed by atoms with van der Waals surface area (Å²) in [5.74, 6) is -2.23. The summed E-state index contributed by atoms with van der Waals surface area (Å²) in [4.78, 5) is 72.6. The lowest BCUT2D eigenvalue weighted by molar-refractivity contribution is -0.189. The van der Waals surface area contributed by atoms with Crippen molar-refractivity contribution in [2.75, 3.05) is 54.5 Å². The summed E-state index contributed by atoms with van der Waals surface area (Å²) in [5.41, 5.74) is 6.41. The van der Waals surface area contributed by atoms with Crippen LogP contribution in [0, 0.1) is 11.3 Å². The lowest BCUT2D eigenvalue weighted by atomic mass is 9.84. The second-order valence-corrected chi connectivity index (χ2v) is 20.6. The number of likely N-dealkylation sites (N-methyl/N-ethyl adjacent to an activating group) is 1. The number of esters is 1. The number of methoxy groups -OCH3 is 1. The van der Waals surface area contributed by atoms with Gasteiger partial charge in [0.2, 0.25) is 11.6 Å². The number of thiazole rings is 1. The number of benzene rings is 1. The third-order valence-corrected chi connectivity index (χ3v) is 14.4. The number of urea groups is 1. The van der Waals surface area contributed by atoms with Gasteiger partial charge in [0.25, 0.3) is 5.91 Å². The van der Waals surface area contributed by atoms with E-state index in [1.807, 2.05) is 51.0 Å². The predicted molar refractivity (Wildman–Crippen MR) is 255 cm³/mol. The fourth-order valence-corrected chi connectivity index (χ4v) is 10.8. The molecule has 0 unspecified atom stereocenters. The number of fused-ring (bicyclic) bond motifs is 6. The summed E-state index contributed by atoms with van der Waals surface area (Å²) < 4.78 is 14.1. The molecule has 7 rings (SSSR count). The monoisotopic (exact) mass is 928 g/mol. The highest BCUT2D eigenvalue weighted by molar-refractivity contribution is 7.10. The Balaban J connectivity index is 1.28. The van der Waals surface area contributed by atoms with Crippen molar-refractivity contribution in [2.24, 2.45) is 11.3 Å². The number of pyridine rings is 1. The second-order valence-electron chi connectivity index (χ2n) is 19.6. The van der Waals surface area contributed by atoms with Crippen molar-refractivity contribution in [3.63, 3.8) is 0 Å². The number of nitrogens with zero attached hydrogens (tertiary/aromatic N) is 7. The topological polar surface area (TPSA) is 175 Å². The Bertz CT molecular complexity index is 2410. The maximum atomic E-state index is 14.7. The van der Waals surface area contributed by atoms with Gasteiger partial charge in [0.05, 0.1) is 34.8 Å². The highest BCUT2D eigenvalue weighted by Crippen LogP contribution is 2.42. The summed E-state index contributed by atoms with van der Waals surface area (Å²) >= 11 is 1.39. The van der Waals surface area contributed by atoms with E-state index >= 15 is 0 Å². The predicted octanol–water partition coefficient (Wildman–Crippen LogP) is 6.02. The first kappa shape index (κ1) is 49.0. The largest absolute Gasteiger partial charge is 0.462 e. The van der Waals surface area contributed by atoms with E-state index in [1.165, 1.54) is 21.2 Å². The van der Waals surface area contributed by atoms with Crippen LogP contribution in [0.15, 0.2) is 41.9 Å². The Morgan fingerprint density at radius 1 is 1.09 bits per heavy atom. The molecule has 5 atom stereocenters. The smallest absolute Gasteiger partial charge is 0.355 e. The number of nitrogens with one attached hydrogen (secondary N) is 2. The Labute approximate surface area is 393 Å². The first-order valence-electron chi connectivity index (χ1n) is 23.4. The van der Waals surface area contributed by atoms with E-state index in [1.54, 1.807) is 20.4 Å². The van der Waals surface area contributed by atoms with Crippen LogP contribution in [0.25, 0.3) is 33.4 Å². The molecule has 0 aliphatic carbocycles. The minimum atomic E-state index is -2.20. The van der Waals surface area contributed by atoms with Gasteiger partial charge in [-0.2, -0.15) is 5.43 Å². The van der Waals surface area contributed by atoms with Crippen LogP contribution in [0.5, 0.6) is 0 Å². The number of ether oxygens (including phenoxy) is 2. The van der Waals surface area contributed by atoms with Gasteiger partial charge in [0, 0.05) is 98.2 Å². The molecule has 4 amide bonds. The lowest BCUT2D eigenvalue weighted by Gasteiger charge is -2.40. The van der Waals surface area contributed by atoms with Gasteiger partial charge in [-0.25, -0.2) is 14.6 Å². The maximum Gasteiger partial charge on any atom is 0.355 e. The van der Waals surface area contributed by atoms with Gasteiger partial charge in [-0.05, 0) is 95.8 Å². The van der Waals surface area contributed by atoms with Gasteiger partial charge >= 0.3 is 12.0 Å². The Hall–Kier alpha value is -4.94. The maximum absolute atomic E-state index is 14.7. The molecule has 0 spiro atoms. The SMILES string of the molecule is CCn1c(-c2cccnc2[C@H](C)OC)c2c3cc(ccc31)-c1csc(n1)C[C@H](NC(=O)[C@H](C(C)C)N(C)C(=O)N1CCC[C@H](N(C)C)CC1)C(=O)N1CCC[C@@](O)(N1)C(=O)OCC(C)(C)C2. The highest BCUT2D eigenvalue weighted by Gasteiger charge is 2.46. The molecule has 3 N–H and O–H groups in total. The normalized spacial score (nSPS) is 22.7. The molecule has 66 heavy (non-hydrogen) atoms. The van der Waals surface area contributed by atoms with Gasteiger partial charge in [-0.1, -0.05) is 33.8 Å². The summed E-state index contributed by atoms with van der Waals surface area (Å²) in [6.07, 6.45) is 5.00. The van der Waals surface area contributed by atoms with Crippen LogP contribution >= 0.6 is 11.3 Å². The number of cyclic esters (lactones) is 1. The first-order valence-corrected chi connectivity index (χ1v) is 24.3. The molecule has 6 bridgehead atoms. The quantitative estimate of drug-likeness (QED) is 0.168. The molecule has 0 saturated carbocycles. The molecule has 16 nitrogen and oxygen atoms in total. The zero-order valence-electron chi connectivity index (χ0n) is 40.3. The molecule has 2 fully saturated rings. The van der Waals surface area contributed by atoms with Crippen molar-refractivity contribution in [1.29, 1.82) is 0 Å². The number of aliphatic hydroxyl groups is 1. The highest BCUT2D eigenvalue weighted by atomic mass is 32.1. The number of likely N-dealkylation sites (tertiary alicyclic amines) is 1. The number of rotatable bonds is 9. The first-order chi connectivity index (χ1) is 31.4. The van der Waals surface area contributed by atoms with Gasteiger partial charge in [-0.3, -0.25) is 19.6 Å². The minimum absolute atomic E-state index is 0.00933. The fourth-order valence-electron chi connectivity index (χ4n) is 9.91. The van der Waals surface area contributed by atoms with E-state index in [0.717, 1.165) is 63.9 Å². The third kappa shape index (κ3) is 10.1. The number of hydrogen-bond donors (Lipinski definition) is 3. The molecule has 0 radical (unpaired) electrons. The van der Waals surface area contributed by atoms with Crippen LogP contribution in [0.3, 0.4) is 0 Å². The zero-order chi connectivity index (χ0) is 47.7. The number of carbonyl (C=O) groups is 4. The second kappa shape index (κ2) is 20.1. The van der Waals surface area contributed by atoms with E-state index in [2.05, 4.69) is 65.5 Å². The van der Waals surface area contributed by atoms with E-state index in [9.17, 15) is 24.3 Å². The molecule has 2 saturated heterocycles. The third-order valence-electron chi connectivity index (χ3n) is 13.6. The average molecular weight is 928 g/mol. The number of hydrazine groups is 1. The number of aryl methyl sites for hydroxylation is 1. The van der Waals surface area contributed by atoms with Crippen LogP contribution in [0.4, 0.5) is 4.79 Å². The molecule has 3 aliphatic rings. The van der Waals surface area contributed by atoms with E-state index in [4.69, 9.17) is 19.4 Å². The lowest BCUT2D eigenvalue weighted by Crippen LogP contribution is -2.67. The number of hydrogen-bond acceptors (Lipinski definition) is 12. The number of carbonyl (C=O) groups excluding carboxylic acids is 4. The van der Waals surface area contributed by atoms with Gasteiger partial charge in [-0.15, -0.1) is 11.3 Å². The van der Waals surface area contributed by atoms with Crippen LogP contribution in [0.1, 0.15) is 96.0 Å². The Morgan fingerprint density at radius 3 is 2.58 bits per heavy atom. The van der Waals surface area contributed by atoms with Crippen molar-refractivity contribution in [1.82, 2.24) is 45.0 Å². The Morgan fingerprint density at radius 2 is 1.86 bits per heavy atom. The summed E-state index contributed by atoms with van der Waals surface area (Å²) in [7, 11) is 7.44. The van der Waals surface area contributed by atoms with Gasteiger partial charge in [0.15, 0.2) is 0 Å². The van der Waals surface area contributed by atoms with E-state index in [0.29, 0.717) is 43.5 Å². The fraction of sp³-hybridized carbons (Fsp3) is 0.592. The van der Waals surface area contributed by atoms with Crippen molar-refractivity contribution in [3.05, 3.63) is 58.2 Å². The summed E-state index contributed by atoms with van der Waals surface area (Å²) in [6.45, 7) is 13.9. The van der Waals surface area contributed by atoms with Crippen LogP contribution in [-0.4, -0.2) is 142 Å². The van der Waals surface area contributed by atoms with Crippen molar-refractivity contribution in [3.8, 4) is 22.5 Å². The minimum Gasteiger partial charge on any atom is -0.462 e. The Kier molecular flexibility index (Phi) is 14.9.